The highest BCUT2D eigenvalue weighted by molar-refractivity contribution is 7.12. The molecule has 0 saturated carbocycles. The van der Waals surface area contributed by atoms with Crippen LogP contribution in [-0.2, 0) is 13.0 Å². The lowest BCUT2D eigenvalue weighted by Crippen LogP contribution is -2.29. The molecule has 2 rings (SSSR count). The second kappa shape index (κ2) is 7.23. The SMILES string of the molecule is CCc1ccc(C(CN)N(C)Cc2ccccc2Cl)s1. The fourth-order valence-electron chi connectivity index (χ4n) is 2.28. The van der Waals surface area contributed by atoms with E-state index in [1.165, 1.54) is 9.75 Å². The lowest BCUT2D eigenvalue weighted by Gasteiger charge is -2.26. The zero-order valence-corrected chi connectivity index (χ0v) is 13.5. The van der Waals surface area contributed by atoms with E-state index in [2.05, 4.69) is 37.1 Å². The number of nitrogens with zero attached hydrogens (tertiary/aromatic N) is 1. The summed E-state index contributed by atoms with van der Waals surface area (Å²) in [4.78, 5) is 5.01. The van der Waals surface area contributed by atoms with Crippen LogP contribution in [0.4, 0.5) is 0 Å². The Hall–Kier alpha value is -0.870. The van der Waals surface area contributed by atoms with Crippen LogP contribution < -0.4 is 5.73 Å². The minimum absolute atomic E-state index is 0.247. The standard InChI is InChI=1S/C16H21ClN2S/c1-3-13-8-9-16(20-13)15(10-18)19(2)11-12-6-4-5-7-14(12)17/h4-9,15H,3,10-11,18H2,1-2H3. The highest BCUT2D eigenvalue weighted by Gasteiger charge is 2.18. The molecule has 1 unspecified atom stereocenters. The number of halogens is 1. The van der Waals surface area contributed by atoms with Gasteiger partial charge in [0.15, 0.2) is 0 Å². The highest BCUT2D eigenvalue weighted by atomic mass is 35.5. The van der Waals surface area contributed by atoms with E-state index in [1.807, 2.05) is 29.5 Å². The Kier molecular flexibility index (Phi) is 5.61. The number of nitrogens with two attached hydrogens (primary N) is 1. The number of aryl methyl sites for hydroxylation is 1. The summed E-state index contributed by atoms with van der Waals surface area (Å²) in [5.74, 6) is 0. The molecule has 0 aliphatic carbocycles. The molecule has 0 amide bonds. The van der Waals surface area contributed by atoms with Crippen LogP contribution >= 0.6 is 22.9 Å². The van der Waals surface area contributed by atoms with Crippen molar-refractivity contribution in [3.05, 3.63) is 56.7 Å². The Balaban J connectivity index is 2.13. The molecule has 0 spiro atoms. The molecule has 0 aliphatic rings. The first-order valence-electron chi connectivity index (χ1n) is 6.88. The Morgan fingerprint density at radius 2 is 2.00 bits per heavy atom. The average Bonchev–Trinajstić information content (AvgIpc) is 2.91. The third kappa shape index (κ3) is 3.61. The molecule has 1 aromatic heterocycles. The molecule has 0 fully saturated rings. The van der Waals surface area contributed by atoms with Gasteiger partial charge < -0.3 is 5.73 Å². The lowest BCUT2D eigenvalue weighted by atomic mass is 10.1. The number of likely N-dealkylation sites (N-methyl/N-ethyl adjacent to an activating group) is 1. The van der Waals surface area contributed by atoms with Crippen molar-refractivity contribution < 1.29 is 0 Å². The van der Waals surface area contributed by atoms with E-state index in [1.54, 1.807) is 0 Å². The molecule has 2 aromatic rings. The van der Waals surface area contributed by atoms with Crippen molar-refractivity contribution in [2.75, 3.05) is 13.6 Å². The Morgan fingerprint density at radius 3 is 2.60 bits per heavy atom. The van der Waals surface area contributed by atoms with E-state index in [0.717, 1.165) is 23.6 Å². The van der Waals surface area contributed by atoms with Gasteiger partial charge >= 0.3 is 0 Å². The van der Waals surface area contributed by atoms with E-state index in [-0.39, 0.29) is 6.04 Å². The quantitative estimate of drug-likeness (QED) is 0.870. The third-order valence-corrected chi connectivity index (χ3v) is 5.19. The largest absolute Gasteiger partial charge is 0.329 e. The van der Waals surface area contributed by atoms with Crippen molar-refractivity contribution >= 4 is 22.9 Å². The van der Waals surface area contributed by atoms with Crippen molar-refractivity contribution in [1.29, 1.82) is 0 Å². The summed E-state index contributed by atoms with van der Waals surface area (Å²) < 4.78 is 0. The van der Waals surface area contributed by atoms with Crippen LogP contribution in [0.15, 0.2) is 36.4 Å². The molecule has 4 heteroatoms. The molecule has 0 aliphatic heterocycles. The molecular weight excluding hydrogens is 288 g/mol. The number of thiophene rings is 1. The molecule has 20 heavy (non-hydrogen) atoms. The zero-order valence-electron chi connectivity index (χ0n) is 12.0. The number of hydrogen-bond acceptors (Lipinski definition) is 3. The van der Waals surface area contributed by atoms with Crippen LogP contribution in [0, 0.1) is 0 Å². The van der Waals surface area contributed by atoms with Gasteiger partial charge in [-0.05, 0) is 37.2 Å². The molecule has 1 aromatic carbocycles. The van der Waals surface area contributed by atoms with Crippen molar-refractivity contribution in [1.82, 2.24) is 4.90 Å². The van der Waals surface area contributed by atoms with E-state index in [4.69, 9.17) is 17.3 Å². The van der Waals surface area contributed by atoms with Gasteiger partial charge in [0.05, 0.1) is 6.04 Å². The van der Waals surface area contributed by atoms with Gasteiger partial charge in [0.2, 0.25) is 0 Å². The Labute approximate surface area is 130 Å². The molecule has 1 heterocycles. The molecule has 2 nitrogen and oxygen atoms in total. The van der Waals surface area contributed by atoms with Crippen LogP contribution in [0.2, 0.25) is 5.02 Å². The fourth-order valence-corrected chi connectivity index (χ4v) is 3.61. The fraction of sp³-hybridized carbons (Fsp3) is 0.375. The number of rotatable bonds is 6. The molecule has 0 saturated heterocycles. The van der Waals surface area contributed by atoms with E-state index in [9.17, 15) is 0 Å². The van der Waals surface area contributed by atoms with Crippen LogP contribution in [0.1, 0.15) is 28.3 Å². The average molecular weight is 309 g/mol. The summed E-state index contributed by atoms with van der Waals surface area (Å²) in [5.41, 5.74) is 7.12. The first-order chi connectivity index (χ1) is 9.65. The van der Waals surface area contributed by atoms with Gasteiger partial charge in [-0.2, -0.15) is 0 Å². The summed E-state index contributed by atoms with van der Waals surface area (Å²) in [6.45, 7) is 3.60. The van der Waals surface area contributed by atoms with Crippen LogP contribution in [0.25, 0.3) is 0 Å². The maximum atomic E-state index is 6.23. The minimum atomic E-state index is 0.247. The van der Waals surface area contributed by atoms with Gasteiger partial charge in [0, 0.05) is 27.9 Å². The summed E-state index contributed by atoms with van der Waals surface area (Å²) in [6, 6.07) is 12.6. The normalized spacial score (nSPS) is 12.8. The monoisotopic (exact) mass is 308 g/mol. The number of benzene rings is 1. The predicted octanol–water partition coefficient (Wildman–Crippen LogP) is 4.10. The summed E-state index contributed by atoms with van der Waals surface area (Å²) in [5, 5.41) is 0.815. The van der Waals surface area contributed by atoms with Gasteiger partial charge in [-0.1, -0.05) is 36.7 Å². The topological polar surface area (TPSA) is 29.3 Å². The van der Waals surface area contributed by atoms with Gasteiger partial charge in [0.25, 0.3) is 0 Å². The minimum Gasteiger partial charge on any atom is -0.329 e. The van der Waals surface area contributed by atoms with Crippen molar-refractivity contribution in [3.63, 3.8) is 0 Å². The first kappa shape index (κ1) is 15.5. The predicted molar refractivity (Wildman–Crippen MR) is 88.4 cm³/mol. The van der Waals surface area contributed by atoms with Crippen LogP contribution in [0.3, 0.4) is 0 Å². The smallest absolute Gasteiger partial charge is 0.0564 e. The highest BCUT2D eigenvalue weighted by Crippen LogP contribution is 2.28. The zero-order chi connectivity index (χ0) is 14.5. The third-order valence-electron chi connectivity index (χ3n) is 3.49. The maximum Gasteiger partial charge on any atom is 0.0564 e. The van der Waals surface area contributed by atoms with Gasteiger partial charge in [0.1, 0.15) is 0 Å². The second-order valence-corrected chi connectivity index (χ2v) is 6.52. The maximum absolute atomic E-state index is 6.23. The van der Waals surface area contributed by atoms with E-state index in [0.29, 0.717) is 6.54 Å². The summed E-state index contributed by atoms with van der Waals surface area (Å²) in [7, 11) is 2.10. The molecule has 2 N–H and O–H groups in total. The van der Waals surface area contributed by atoms with Crippen molar-refractivity contribution in [3.8, 4) is 0 Å². The van der Waals surface area contributed by atoms with Gasteiger partial charge in [-0.25, -0.2) is 0 Å². The molecular formula is C16H21ClN2S. The second-order valence-electron chi connectivity index (χ2n) is 4.92. The van der Waals surface area contributed by atoms with Crippen LogP contribution in [0.5, 0.6) is 0 Å². The summed E-state index contributed by atoms with van der Waals surface area (Å²) >= 11 is 8.09. The van der Waals surface area contributed by atoms with Gasteiger partial charge in [-0.3, -0.25) is 4.90 Å². The molecule has 1 atom stereocenters. The number of hydrogen-bond donors (Lipinski definition) is 1. The first-order valence-corrected chi connectivity index (χ1v) is 8.07. The van der Waals surface area contributed by atoms with Gasteiger partial charge in [-0.15, -0.1) is 11.3 Å². The van der Waals surface area contributed by atoms with E-state index >= 15 is 0 Å². The summed E-state index contributed by atoms with van der Waals surface area (Å²) in [6.07, 6.45) is 1.08. The van der Waals surface area contributed by atoms with Crippen molar-refractivity contribution in [2.45, 2.75) is 25.9 Å². The van der Waals surface area contributed by atoms with Crippen molar-refractivity contribution in [2.24, 2.45) is 5.73 Å². The molecule has 0 bridgehead atoms. The lowest BCUT2D eigenvalue weighted by molar-refractivity contribution is 0.245. The molecule has 108 valence electrons. The molecule has 0 radical (unpaired) electrons. The Morgan fingerprint density at radius 1 is 1.25 bits per heavy atom. The Bertz CT molecular complexity index is 553. The van der Waals surface area contributed by atoms with E-state index < -0.39 is 0 Å². The van der Waals surface area contributed by atoms with Crippen LogP contribution in [-0.4, -0.2) is 18.5 Å².